The van der Waals surface area contributed by atoms with Crippen LogP contribution in [0.4, 0.5) is 5.69 Å². The van der Waals surface area contributed by atoms with Gasteiger partial charge < -0.3 is 15.1 Å². The van der Waals surface area contributed by atoms with Crippen LogP contribution >= 0.6 is 0 Å². The van der Waals surface area contributed by atoms with Crippen LogP contribution in [0.2, 0.25) is 0 Å². The fourth-order valence-corrected chi connectivity index (χ4v) is 2.39. The lowest BCUT2D eigenvalue weighted by Gasteiger charge is -2.11. The third kappa shape index (κ3) is 4.79. The lowest BCUT2D eigenvalue weighted by molar-refractivity contribution is -0.113. The molecule has 3 aromatic rings. The predicted molar refractivity (Wildman–Crippen MR) is 103 cm³/mol. The molecule has 0 saturated heterocycles. The molecule has 0 radical (unpaired) electrons. The zero-order valence-corrected chi connectivity index (χ0v) is 15.0. The number of Topliss-reactive ketones (excluding diaryl/α,β-unsaturated/α-hetero) is 1. The summed E-state index contributed by atoms with van der Waals surface area (Å²) in [5, 5.41) is 5.23. The number of pyridine rings is 1. The zero-order valence-electron chi connectivity index (χ0n) is 15.0. The number of rotatable bonds is 6. The lowest BCUT2D eigenvalue weighted by Crippen LogP contribution is -2.30. The minimum Gasteiger partial charge on any atom is -0.459 e. The summed E-state index contributed by atoms with van der Waals surface area (Å²) in [5.41, 5.74) is 1.53. The number of nitrogens with one attached hydrogen (secondary N) is 2. The van der Waals surface area contributed by atoms with Crippen molar-refractivity contribution in [2.45, 2.75) is 6.92 Å². The summed E-state index contributed by atoms with van der Waals surface area (Å²) < 4.78 is 5.07. The monoisotopic (exact) mass is 375 g/mol. The first-order chi connectivity index (χ1) is 13.5. The molecule has 28 heavy (non-hydrogen) atoms. The lowest BCUT2D eigenvalue weighted by atomic mass is 10.1. The van der Waals surface area contributed by atoms with Crippen LogP contribution in [-0.4, -0.2) is 22.6 Å². The largest absolute Gasteiger partial charge is 0.459 e. The predicted octanol–water partition coefficient (Wildman–Crippen LogP) is 3.29. The van der Waals surface area contributed by atoms with Gasteiger partial charge in [-0.1, -0.05) is 18.2 Å². The number of anilines is 1. The first-order valence-electron chi connectivity index (χ1n) is 8.42. The maximum absolute atomic E-state index is 12.8. The molecule has 0 aliphatic rings. The maximum Gasteiger partial charge on any atom is 0.291 e. The summed E-state index contributed by atoms with van der Waals surface area (Å²) in [4.78, 5) is 40.6. The Morgan fingerprint density at radius 2 is 1.93 bits per heavy atom. The van der Waals surface area contributed by atoms with Gasteiger partial charge in [0, 0.05) is 23.6 Å². The fraction of sp³-hybridized carbons (Fsp3) is 0.0476. The van der Waals surface area contributed by atoms with E-state index in [1.165, 1.54) is 25.3 Å². The highest BCUT2D eigenvalue weighted by molar-refractivity contribution is 6.10. The fourth-order valence-electron chi connectivity index (χ4n) is 2.39. The Bertz CT molecular complexity index is 1020. The smallest absolute Gasteiger partial charge is 0.291 e. The second-order valence-corrected chi connectivity index (χ2v) is 5.87. The summed E-state index contributed by atoms with van der Waals surface area (Å²) in [6.45, 7) is 1.44. The second-order valence-electron chi connectivity index (χ2n) is 5.87. The van der Waals surface area contributed by atoms with Crippen molar-refractivity contribution in [3.63, 3.8) is 0 Å². The SMILES string of the molecule is CC(=O)c1cccc(NC(=O)/C(=C/c2cccnc2)NC(=O)c2ccco2)c1. The van der Waals surface area contributed by atoms with Crippen LogP contribution in [0.25, 0.3) is 6.08 Å². The van der Waals surface area contributed by atoms with Crippen molar-refractivity contribution >= 4 is 29.4 Å². The molecule has 0 fully saturated rings. The van der Waals surface area contributed by atoms with Gasteiger partial charge in [-0.3, -0.25) is 19.4 Å². The van der Waals surface area contributed by atoms with Crippen molar-refractivity contribution in [1.82, 2.24) is 10.3 Å². The van der Waals surface area contributed by atoms with Crippen LogP contribution in [0, 0.1) is 0 Å². The number of carbonyl (C=O) groups is 3. The highest BCUT2D eigenvalue weighted by atomic mass is 16.3. The van der Waals surface area contributed by atoms with E-state index in [0.29, 0.717) is 16.8 Å². The zero-order chi connectivity index (χ0) is 19.9. The first kappa shape index (κ1) is 18.8. The van der Waals surface area contributed by atoms with E-state index in [1.54, 1.807) is 54.9 Å². The number of ketones is 1. The number of amides is 2. The van der Waals surface area contributed by atoms with E-state index >= 15 is 0 Å². The number of aromatic nitrogens is 1. The third-order valence-corrected chi connectivity index (χ3v) is 3.76. The molecule has 2 amide bonds. The normalized spacial score (nSPS) is 11.0. The van der Waals surface area contributed by atoms with Crippen LogP contribution in [0.5, 0.6) is 0 Å². The van der Waals surface area contributed by atoms with Crippen LogP contribution < -0.4 is 10.6 Å². The molecule has 1 aromatic carbocycles. The maximum atomic E-state index is 12.8. The Morgan fingerprint density at radius 1 is 1.07 bits per heavy atom. The summed E-state index contributed by atoms with van der Waals surface area (Å²) in [7, 11) is 0. The number of hydrogen-bond donors (Lipinski definition) is 2. The molecule has 0 bridgehead atoms. The number of benzene rings is 1. The minimum atomic E-state index is -0.562. The van der Waals surface area contributed by atoms with Gasteiger partial charge in [0.15, 0.2) is 11.5 Å². The van der Waals surface area contributed by atoms with Gasteiger partial charge in [-0.05, 0) is 48.9 Å². The Hall–Kier alpha value is -4.00. The van der Waals surface area contributed by atoms with Crippen LogP contribution in [0.3, 0.4) is 0 Å². The van der Waals surface area contributed by atoms with Crippen molar-refractivity contribution in [2.75, 3.05) is 5.32 Å². The van der Waals surface area contributed by atoms with Gasteiger partial charge in [-0.2, -0.15) is 0 Å². The molecular weight excluding hydrogens is 358 g/mol. The molecule has 3 rings (SSSR count). The van der Waals surface area contributed by atoms with Crippen molar-refractivity contribution in [3.05, 3.63) is 89.8 Å². The van der Waals surface area contributed by atoms with Crippen molar-refractivity contribution in [1.29, 1.82) is 0 Å². The van der Waals surface area contributed by atoms with Gasteiger partial charge in [-0.15, -0.1) is 0 Å². The van der Waals surface area contributed by atoms with Gasteiger partial charge in [0.1, 0.15) is 5.70 Å². The molecule has 7 nitrogen and oxygen atoms in total. The van der Waals surface area contributed by atoms with Crippen molar-refractivity contribution in [2.24, 2.45) is 0 Å². The average molecular weight is 375 g/mol. The molecule has 2 N–H and O–H groups in total. The van der Waals surface area contributed by atoms with E-state index in [1.807, 2.05) is 0 Å². The molecule has 0 spiro atoms. The quantitative estimate of drug-likeness (QED) is 0.508. The standard InChI is InChI=1S/C21H17N3O4/c1-14(25)16-6-2-7-17(12-16)23-20(26)18(11-15-5-3-9-22-13-15)24-21(27)19-8-4-10-28-19/h2-13H,1H3,(H,23,26)(H,24,27)/b18-11-. The highest BCUT2D eigenvalue weighted by Crippen LogP contribution is 2.14. The number of hydrogen-bond acceptors (Lipinski definition) is 5. The van der Waals surface area contributed by atoms with Gasteiger partial charge >= 0.3 is 0 Å². The van der Waals surface area contributed by atoms with Gasteiger partial charge in [0.25, 0.3) is 11.8 Å². The van der Waals surface area contributed by atoms with E-state index in [4.69, 9.17) is 4.42 Å². The molecule has 7 heteroatoms. The molecule has 0 aliphatic carbocycles. The summed E-state index contributed by atoms with van der Waals surface area (Å²) in [6, 6.07) is 13.1. The molecular formula is C21H17N3O4. The Morgan fingerprint density at radius 3 is 2.61 bits per heavy atom. The Kier molecular flexibility index (Phi) is 5.76. The van der Waals surface area contributed by atoms with Crippen molar-refractivity contribution < 1.29 is 18.8 Å². The highest BCUT2D eigenvalue weighted by Gasteiger charge is 2.17. The van der Waals surface area contributed by atoms with Crippen LogP contribution in [0.1, 0.15) is 33.4 Å². The van der Waals surface area contributed by atoms with E-state index in [0.717, 1.165) is 0 Å². The minimum absolute atomic E-state index is 0.00243. The van der Waals surface area contributed by atoms with Crippen LogP contribution in [0.15, 0.2) is 77.3 Å². The van der Waals surface area contributed by atoms with E-state index in [-0.39, 0.29) is 17.2 Å². The van der Waals surface area contributed by atoms with E-state index in [9.17, 15) is 14.4 Å². The summed E-state index contributed by atoms with van der Waals surface area (Å²) >= 11 is 0. The molecule has 0 atom stereocenters. The topological polar surface area (TPSA) is 101 Å². The molecule has 0 aliphatic heterocycles. The number of furan rings is 1. The molecule has 0 saturated carbocycles. The number of carbonyl (C=O) groups excluding carboxylic acids is 3. The molecule has 0 unspecified atom stereocenters. The van der Waals surface area contributed by atoms with Crippen LogP contribution in [-0.2, 0) is 4.79 Å². The Labute approximate surface area is 161 Å². The molecule has 2 heterocycles. The summed E-state index contributed by atoms with van der Waals surface area (Å²) in [5.74, 6) is -1.16. The van der Waals surface area contributed by atoms with Gasteiger partial charge in [0.05, 0.1) is 6.26 Å². The van der Waals surface area contributed by atoms with Gasteiger partial charge in [-0.25, -0.2) is 0 Å². The number of nitrogens with zero attached hydrogens (tertiary/aromatic N) is 1. The second kappa shape index (κ2) is 8.59. The van der Waals surface area contributed by atoms with E-state index in [2.05, 4.69) is 15.6 Å². The Balaban J connectivity index is 1.86. The van der Waals surface area contributed by atoms with Crippen molar-refractivity contribution in [3.8, 4) is 0 Å². The first-order valence-corrected chi connectivity index (χ1v) is 8.42. The van der Waals surface area contributed by atoms with Gasteiger partial charge in [0.2, 0.25) is 0 Å². The molecule has 2 aromatic heterocycles. The van der Waals surface area contributed by atoms with E-state index < -0.39 is 11.8 Å². The average Bonchev–Trinajstić information content (AvgIpc) is 3.23. The summed E-state index contributed by atoms with van der Waals surface area (Å²) in [6.07, 6.45) is 6.03. The third-order valence-electron chi connectivity index (χ3n) is 3.76. The molecule has 140 valence electrons.